The standard InChI is InChI=1S/C16H19N3O3S/c1-10(20)17-8-13-9-19(16(21)22-13)12-4-5-14-11(7-12)3-6-15(23)18(14)2/h4-5,7,13H,3,6,8-9H2,1-2H3,(H,17,20). The number of thiocarbonyl (C=S) groups is 1. The molecule has 1 saturated heterocycles. The maximum absolute atomic E-state index is 12.1. The van der Waals surface area contributed by atoms with Crippen molar-refractivity contribution in [3.05, 3.63) is 23.8 Å². The molecule has 1 aromatic rings. The Balaban J connectivity index is 1.76. The van der Waals surface area contributed by atoms with Crippen LogP contribution in [0.15, 0.2) is 18.2 Å². The number of rotatable bonds is 3. The van der Waals surface area contributed by atoms with Gasteiger partial charge >= 0.3 is 6.09 Å². The molecule has 1 atom stereocenters. The van der Waals surface area contributed by atoms with E-state index in [9.17, 15) is 9.59 Å². The van der Waals surface area contributed by atoms with Crippen LogP contribution in [0.25, 0.3) is 0 Å². The number of fused-ring (bicyclic) bond motifs is 1. The van der Waals surface area contributed by atoms with Gasteiger partial charge in [0, 0.05) is 31.8 Å². The second-order valence-electron chi connectivity index (χ2n) is 5.82. The van der Waals surface area contributed by atoms with Crippen LogP contribution in [0.4, 0.5) is 16.2 Å². The van der Waals surface area contributed by atoms with Crippen LogP contribution in [0, 0.1) is 0 Å². The largest absolute Gasteiger partial charge is 0.442 e. The number of carbonyl (C=O) groups excluding carboxylic acids is 2. The van der Waals surface area contributed by atoms with E-state index in [-0.39, 0.29) is 18.1 Å². The van der Waals surface area contributed by atoms with E-state index in [1.807, 2.05) is 30.1 Å². The Labute approximate surface area is 140 Å². The van der Waals surface area contributed by atoms with Gasteiger partial charge in [0.15, 0.2) is 0 Å². The fourth-order valence-corrected chi connectivity index (χ4v) is 3.11. The Bertz CT molecular complexity index is 677. The SMILES string of the molecule is CC(=O)NCC1CN(c2ccc3c(c2)CCC(=S)N3C)C(=O)O1. The predicted octanol–water partition coefficient (Wildman–Crippen LogP) is 1.86. The summed E-state index contributed by atoms with van der Waals surface area (Å²) in [4.78, 5) is 27.6. The molecule has 1 aromatic carbocycles. The van der Waals surface area contributed by atoms with Gasteiger partial charge in [-0.3, -0.25) is 9.69 Å². The van der Waals surface area contributed by atoms with Crippen molar-refractivity contribution in [1.29, 1.82) is 0 Å². The smallest absolute Gasteiger partial charge is 0.414 e. The number of carbonyl (C=O) groups is 2. The maximum Gasteiger partial charge on any atom is 0.414 e. The second kappa shape index (κ2) is 6.16. The molecule has 0 saturated carbocycles. The van der Waals surface area contributed by atoms with Gasteiger partial charge in [-0.05, 0) is 30.2 Å². The molecule has 2 aliphatic heterocycles. The summed E-state index contributed by atoms with van der Waals surface area (Å²) < 4.78 is 5.30. The number of hydrogen-bond donors (Lipinski definition) is 1. The lowest BCUT2D eigenvalue weighted by Gasteiger charge is -2.29. The van der Waals surface area contributed by atoms with Crippen molar-refractivity contribution in [3.63, 3.8) is 0 Å². The number of cyclic esters (lactones) is 1. The van der Waals surface area contributed by atoms with Crippen molar-refractivity contribution in [1.82, 2.24) is 5.32 Å². The molecule has 0 aliphatic carbocycles. The van der Waals surface area contributed by atoms with Crippen LogP contribution < -0.4 is 15.1 Å². The quantitative estimate of drug-likeness (QED) is 0.856. The van der Waals surface area contributed by atoms with E-state index in [0.717, 1.165) is 29.2 Å². The number of nitrogens with zero attached hydrogens (tertiary/aromatic N) is 2. The van der Waals surface area contributed by atoms with Gasteiger partial charge in [0.05, 0.1) is 18.1 Å². The average molecular weight is 333 g/mol. The van der Waals surface area contributed by atoms with Crippen molar-refractivity contribution in [2.75, 3.05) is 29.9 Å². The molecule has 0 bridgehead atoms. The molecular weight excluding hydrogens is 314 g/mol. The number of anilines is 2. The van der Waals surface area contributed by atoms with Crippen molar-refractivity contribution in [2.45, 2.75) is 25.9 Å². The number of benzene rings is 1. The lowest BCUT2D eigenvalue weighted by Crippen LogP contribution is -2.33. The molecule has 2 heterocycles. The number of hydrogen-bond acceptors (Lipinski definition) is 4. The summed E-state index contributed by atoms with van der Waals surface area (Å²) in [5.74, 6) is -0.132. The van der Waals surface area contributed by atoms with E-state index in [2.05, 4.69) is 5.32 Å². The van der Waals surface area contributed by atoms with E-state index in [4.69, 9.17) is 17.0 Å². The van der Waals surface area contributed by atoms with Crippen LogP contribution in [0.5, 0.6) is 0 Å². The molecule has 2 aliphatic rings. The van der Waals surface area contributed by atoms with Crippen molar-refractivity contribution in [2.24, 2.45) is 0 Å². The fraction of sp³-hybridized carbons (Fsp3) is 0.438. The molecule has 0 spiro atoms. The van der Waals surface area contributed by atoms with Gasteiger partial charge in [0.25, 0.3) is 0 Å². The summed E-state index contributed by atoms with van der Waals surface area (Å²) in [5.41, 5.74) is 3.09. The van der Waals surface area contributed by atoms with Crippen LogP contribution in [0.1, 0.15) is 18.9 Å². The van der Waals surface area contributed by atoms with Gasteiger partial charge in [0.1, 0.15) is 6.10 Å². The first-order chi connectivity index (χ1) is 11.0. The van der Waals surface area contributed by atoms with E-state index in [1.165, 1.54) is 12.5 Å². The highest BCUT2D eigenvalue weighted by atomic mass is 32.1. The van der Waals surface area contributed by atoms with Crippen molar-refractivity contribution >= 4 is 40.6 Å². The van der Waals surface area contributed by atoms with Gasteiger partial charge in [-0.2, -0.15) is 0 Å². The predicted molar refractivity (Wildman–Crippen MR) is 92.1 cm³/mol. The molecule has 1 N–H and O–H groups in total. The highest BCUT2D eigenvalue weighted by molar-refractivity contribution is 7.80. The Morgan fingerprint density at radius 1 is 1.43 bits per heavy atom. The molecule has 1 unspecified atom stereocenters. The van der Waals surface area contributed by atoms with Crippen LogP contribution >= 0.6 is 12.2 Å². The molecule has 0 radical (unpaired) electrons. The van der Waals surface area contributed by atoms with Gasteiger partial charge in [0.2, 0.25) is 5.91 Å². The van der Waals surface area contributed by atoms with Gasteiger partial charge in [-0.25, -0.2) is 4.79 Å². The van der Waals surface area contributed by atoms with Crippen LogP contribution in [0.2, 0.25) is 0 Å². The average Bonchev–Trinajstić information content (AvgIpc) is 2.90. The summed E-state index contributed by atoms with van der Waals surface area (Å²) in [6, 6.07) is 5.92. The second-order valence-corrected chi connectivity index (χ2v) is 6.29. The number of nitrogens with one attached hydrogen (secondary N) is 1. The Hall–Kier alpha value is -2.15. The Morgan fingerprint density at radius 2 is 2.22 bits per heavy atom. The lowest BCUT2D eigenvalue weighted by atomic mass is 10.0. The molecule has 6 nitrogen and oxygen atoms in total. The molecule has 122 valence electrons. The monoisotopic (exact) mass is 333 g/mol. The lowest BCUT2D eigenvalue weighted by molar-refractivity contribution is -0.119. The zero-order chi connectivity index (χ0) is 16.6. The van der Waals surface area contributed by atoms with Crippen LogP contribution in [-0.4, -0.2) is 43.2 Å². The maximum atomic E-state index is 12.1. The normalized spacial score (nSPS) is 20.3. The number of amides is 2. The minimum absolute atomic E-state index is 0.132. The highest BCUT2D eigenvalue weighted by Crippen LogP contribution is 2.32. The molecule has 7 heteroatoms. The van der Waals surface area contributed by atoms with Gasteiger partial charge in [-0.15, -0.1) is 0 Å². The third-order valence-corrected chi connectivity index (χ3v) is 4.65. The first-order valence-electron chi connectivity index (χ1n) is 7.58. The minimum atomic E-state index is -0.375. The highest BCUT2D eigenvalue weighted by Gasteiger charge is 2.33. The minimum Gasteiger partial charge on any atom is -0.442 e. The summed E-state index contributed by atoms with van der Waals surface area (Å²) in [6.45, 7) is 2.21. The van der Waals surface area contributed by atoms with E-state index < -0.39 is 0 Å². The number of ether oxygens (including phenoxy) is 1. The molecule has 2 amide bonds. The fourth-order valence-electron chi connectivity index (χ4n) is 2.91. The summed E-state index contributed by atoms with van der Waals surface area (Å²) in [7, 11) is 1.97. The van der Waals surface area contributed by atoms with E-state index in [0.29, 0.717) is 13.1 Å². The molecule has 0 aromatic heterocycles. The molecule has 23 heavy (non-hydrogen) atoms. The van der Waals surface area contributed by atoms with Crippen LogP contribution in [-0.2, 0) is 16.0 Å². The Morgan fingerprint density at radius 3 is 2.96 bits per heavy atom. The molecule has 3 rings (SSSR count). The Kier molecular flexibility index (Phi) is 4.21. The third-order valence-electron chi connectivity index (χ3n) is 4.17. The zero-order valence-corrected chi connectivity index (χ0v) is 14.0. The number of aryl methyl sites for hydroxylation is 1. The zero-order valence-electron chi connectivity index (χ0n) is 13.2. The van der Waals surface area contributed by atoms with E-state index in [1.54, 1.807) is 4.90 Å². The first kappa shape index (κ1) is 15.7. The summed E-state index contributed by atoms with van der Waals surface area (Å²) in [5, 5.41) is 2.68. The van der Waals surface area contributed by atoms with Crippen molar-refractivity contribution in [3.8, 4) is 0 Å². The van der Waals surface area contributed by atoms with E-state index >= 15 is 0 Å². The third kappa shape index (κ3) is 3.14. The van der Waals surface area contributed by atoms with Gasteiger partial charge < -0.3 is 15.0 Å². The van der Waals surface area contributed by atoms with Crippen LogP contribution in [0.3, 0.4) is 0 Å². The van der Waals surface area contributed by atoms with Crippen molar-refractivity contribution < 1.29 is 14.3 Å². The molecule has 1 fully saturated rings. The topological polar surface area (TPSA) is 61.9 Å². The first-order valence-corrected chi connectivity index (χ1v) is 7.98. The summed E-state index contributed by atoms with van der Waals surface area (Å²) >= 11 is 5.34. The molecular formula is C16H19N3O3S. The summed E-state index contributed by atoms with van der Waals surface area (Å²) in [6.07, 6.45) is 1.03. The van der Waals surface area contributed by atoms with Gasteiger partial charge in [-0.1, -0.05) is 12.2 Å².